The first-order chi connectivity index (χ1) is 10.9. The number of rotatable bonds is 5. The van der Waals surface area contributed by atoms with Crippen LogP contribution in [0.5, 0.6) is 5.75 Å². The lowest BCUT2D eigenvalue weighted by atomic mass is 10.1. The molecule has 0 fully saturated rings. The Hall–Kier alpha value is -2.81. The molecule has 0 aliphatic heterocycles. The van der Waals surface area contributed by atoms with Crippen LogP contribution in [-0.4, -0.2) is 13.3 Å². The molecule has 0 bridgehead atoms. The van der Waals surface area contributed by atoms with Crippen LogP contribution < -0.4 is 10.2 Å². The minimum absolute atomic E-state index is 0.630. The molecule has 0 aliphatic rings. The molecule has 3 aromatic rings. The van der Waals surface area contributed by atoms with E-state index in [1.165, 1.54) is 10.8 Å². The van der Waals surface area contributed by atoms with Crippen molar-refractivity contribution in [1.82, 2.24) is 5.43 Å². The number of fused-ring (bicyclic) bond motifs is 1. The van der Waals surface area contributed by atoms with Gasteiger partial charge in [0.15, 0.2) is 0 Å². The molecule has 0 aromatic heterocycles. The lowest BCUT2D eigenvalue weighted by Gasteiger charge is -2.07. The number of ether oxygens (including phenoxy) is 1. The molecule has 0 radical (unpaired) electrons. The highest BCUT2D eigenvalue weighted by molar-refractivity contribution is 5.99. The van der Waals surface area contributed by atoms with Gasteiger partial charge in [0.25, 0.3) is 0 Å². The van der Waals surface area contributed by atoms with Crippen molar-refractivity contribution in [3.8, 4) is 5.75 Å². The summed E-state index contributed by atoms with van der Waals surface area (Å²) in [6.07, 6.45) is 1.86. The summed E-state index contributed by atoms with van der Waals surface area (Å²) in [4.78, 5) is 0. The van der Waals surface area contributed by atoms with Crippen LogP contribution in [-0.2, 0) is 6.54 Å². The molecule has 22 heavy (non-hydrogen) atoms. The first kappa shape index (κ1) is 14.1. The Balaban J connectivity index is 1.72. The Morgan fingerprint density at radius 2 is 1.73 bits per heavy atom. The van der Waals surface area contributed by atoms with Crippen molar-refractivity contribution >= 4 is 17.0 Å². The Morgan fingerprint density at radius 3 is 2.64 bits per heavy atom. The number of nitrogens with one attached hydrogen (secondary N) is 1. The predicted octanol–water partition coefficient (Wildman–Crippen LogP) is 3.97. The van der Waals surface area contributed by atoms with Crippen molar-refractivity contribution in [2.75, 3.05) is 7.11 Å². The van der Waals surface area contributed by atoms with Crippen molar-refractivity contribution in [1.29, 1.82) is 0 Å². The summed E-state index contributed by atoms with van der Waals surface area (Å²) in [6.45, 7) is 0.630. The average Bonchev–Trinajstić information content (AvgIpc) is 2.59. The summed E-state index contributed by atoms with van der Waals surface area (Å²) in [5.41, 5.74) is 5.26. The second-order valence-electron chi connectivity index (χ2n) is 4.97. The third-order valence-corrected chi connectivity index (χ3v) is 3.58. The largest absolute Gasteiger partial charge is 0.496 e. The molecule has 0 heterocycles. The van der Waals surface area contributed by atoms with Gasteiger partial charge in [-0.05, 0) is 16.8 Å². The predicted molar refractivity (Wildman–Crippen MR) is 91.4 cm³/mol. The normalized spacial score (nSPS) is 11.0. The van der Waals surface area contributed by atoms with Crippen LogP contribution in [0.1, 0.15) is 11.1 Å². The number of hydrogen-bond donors (Lipinski definition) is 1. The van der Waals surface area contributed by atoms with Gasteiger partial charge in [-0.3, -0.25) is 0 Å². The Labute approximate surface area is 130 Å². The Morgan fingerprint density at radius 1 is 0.955 bits per heavy atom. The topological polar surface area (TPSA) is 33.6 Å². The highest BCUT2D eigenvalue weighted by Crippen LogP contribution is 2.18. The van der Waals surface area contributed by atoms with E-state index in [0.717, 1.165) is 16.9 Å². The van der Waals surface area contributed by atoms with Crippen molar-refractivity contribution in [2.24, 2.45) is 5.10 Å². The van der Waals surface area contributed by atoms with E-state index in [1.807, 2.05) is 48.7 Å². The van der Waals surface area contributed by atoms with E-state index in [9.17, 15) is 0 Å². The van der Waals surface area contributed by atoms with Crippen LogP contribution in [0.2, 0.25) is 0 Å². The van der Waals surface area contributed by atoms with Crippen LogP contribution in [0.25, 0.3) is 10.8 Å². The molecule has 1 N–H and O–H groups in total. The standard InChI is InChI=1S/C19H18N2O/c1-22-19-12-5-3-8-17(19)14-21-20-13-16-10-6-9-15-7-2-4-11-18(15)16/h2-13,21H,14H2,1H3/b20-13+. The number of hydrazone groups is 1. The first-order valence-electron chi connectivity index (χ1n) is 7.24. The van der Waals surface area contributed by atoms with Gasteiger partial charge in [-0.2, -0.15) is 5.10 Å². The zero-order chi connectivity index (χ0) is 15.2. The minimum atomic E-state index is 0.630. The summed E-state index contributed by atoms with van der Waals surface area (Å²) in [5.74, 6) is 0.871. The molecular formula is C19H18N2O. The molecule has 3 heteroatoms. The number of nitrogens with zero attached hydrogens (tertiary/aromatic N) is 1. The molecule has 0 amide bonds. The second-order valence-corrected chi connectivity index (χ2v) is 4.97. The zero-order valence-corrected chi connectivity index (χ0v) is 12.5. The average molecular weight is 290 g/mol. The van der Waals surface area contributed by atoms with E-state index in [0.29, 0.717) is 6.54 Å². The molecule has 0 aliphatic carbocycles. The monoisotopic (exact) mass is 290 g/mol. The summed E-state index contributed by atoms with van der Waals surface area (Å²) in [5, 5.41) is 6.75. The number of methoxy groups -OCH3 is 1. The van der Waals surface area contributed by atoms with Gasteiger partial charge in [-0.1, -0.05) is 60.7 Å². The van der Waals surface area contributed by atoms with E-state index < -0.39 is 0 Å². The molecule has 3 rings (SSSR count). The summed E-state index contributed by atoms with van der Waals surface area (Å²) < 4.78 is 5.33. The molecule has 0 saturated heterocycles. The molecule has 3 nitrogen and oxygen atoms in total. The summed E-state index contributed by atoms with van der Waals surface area (Å²) in [6, 6.07) is 22.5. The van der Waals surface area contributed by atoms with E-state index in [1.54, 1.807) is 7.11 Å². The van der Waals surface area contributed by atoms with Crippen LogP contribution in [0.15, 0.2) is 71.8 Å². The number of benzene rings is 3. The van der Waals surface area contributed by atoms with Crippen molar-refractivity contribution in [2.45, 2.75) is 6.54 Å². The fourth-order valence-electron chi connectivity index (χ4n) is 2.46. The highest BCUT2D eigenvalue weighted by atomic mass is 16.5. The third-order valence-electron chi connectivity index (χ3n) is 3.58. The SMILES string of the molecule is COc1ccccc1CN/N=C/c1cccc2ccccc12. The van der Waals surface area contributed by atoms with Gasteiger partial charge in [-0.25, -0.2) is 0 Å². The van der Waals surface area contributed by atoms with Gasteiger partial charge in [0, 0.05) is 11.1 Å². The highest BCUT2D eigenvalue weighted by Gasteiger charge is 2.00. The maximum Gasteiger partial charge on any atom is 0.123 e. The van der Waals surface area contributed by atoms with Crippen LogP contribution in [0.3, 0.4) is 0 Å². The summed E-state index contributed by atoms with van der Waals surface area (Å²) >= 11 is 0. The lowest BCUT2D eigenvalue weighted by molar-refractivity contribution is 0.408. The molecule has 0 saturated carbocycles. The fourth-order valence-corrected chi connectivity index (χ4v) is 2.46. The van der Waals surface area contributed by atoms with Gasteiger partial charge in [-0.15, -0.1) is 0 Å². The number of hydrogen-bond acceptors (Lipinski definition) is 3. The van der Waals surface area contributed by atoms with Gasteiger partial charge in [0.1, 0.15) is 5.75 Å². The lowest BCUT2D eigenvalue weighted by Crippen LogP contribution is -2.06. The van der Waals surface area contributed by atoms with Gasteiger partial charge in [0.2, 0.25) is 0 Å². The van der Waals surface area contributed by atoms with Crippen LogP contribution in [0.4, 0.5) is 0 Å². The van der Waals surface area contributed by atoms with E-state index in [4.69, 9.17) is 4.74 Å². The molecule has 3 aromatic carbocycles. The van der Waals surface area contributed by atoms with E-state index in [2.05, 4.69) is 34.8 Å². The van der Waals surface area contributed by atoms with E-state index in [-0.39, 0.29) is 0 Å². The smallest absolute Gasteiger partial charge is 0.123 e. The maximum atomic E-state index is 5.33. The zero-order valence-electron chi connectivity index (χ0n) is 12.5. The minimum Gasteiger partial charge on any atom is -0.496 e. The third kappa shape index (κ3) is 3.09. The number of para-hydroxylation sites is 1. The van der Waals surface area contributed by atoms with Crippen LogP contribution >= 0.6 is 0 Å². The van der Waals surface area contributed by atoms with Gasteiger partial charge < -0.3 is 10.2 Å². The van der Waals surface area contributed by atoms with Crippen molar-refractivity contribution in [3.05, 3.63) is 77.9 Å². The van der Waals surface area contributed by atoms with Crippen molar-refractivity contribution < 1.29 is 4.74 Å². The summed E-state index contributed by atoms with van der Waals surface area (Å²) in [7, 11) is 1.68. The molecular weight excluding hydrogens is 272 g/mol. The quantitative estimate of drug-likeness (QED) is 0.570. The maximum absolute atomic E-state index is 5.33. The van der Waals surface area contributed by atoms with Gasteiger partial charge >= 0.3 is 0 Å². The Kier molecular flexibility index (Phi) is 4.35. The molecule has 110 valence electrons. The Bertz CT molecular complexity index is 791. The van der Waals surface area contributed by atoms with E-state index >= 15 is 0 Å². The van der Waals surface area contributed by atoms with Crippen molar-refractivity contribution in [3.63, 3.8) is 0 Å². The second kappa shape index (κ2) is 6.76. The van der Waals surface area contributed by atoms with Crippen LogP contribution in [0, 0.1) is 0 Å². The molecule has 0 unspecified atom stereocenters. The molecule has 0 atom stereocenters. The van der Waals surface area contributed by atoms with Gasteiger partial charge in [0.05, 0.1) is 19.9 Å². The fraction of sp³-hybridized carbons (Fsp3) is 0.105. The molecule has 0 spiro atoms. The first-order valence-corrected chi connectivity index (χ1v) is 7.24.